The Morgan fingerprint density at radius 3 is 2.58 bits per heavy atom. The standard InChI is InChI=1S/C18H18N2O5S/c1-9(18(22)23)20-8-19-16-15(17(20)21)14(10(2)26-16)11-5-6-12(24-3)13(7-11)25-4/h5-9H,1-4H3,(H,22,23)/p-1/t9-/m1/s1. The molecule has 3 rings (SSSR count). The van der Waals surface area contributed by atoms with E-state index in [4.69, 9.17) is 9.47 Å². The number of carbonyl (C=O) groups excluding carboxylic acids is 1. The number of hydrogen-bond acceptors (Lipinski definition) is 7. The van der Waals surface area contributed by atoms with Crippen LogP contribution in [0.5, 0.6) is 11.5 Å². The Morgan fingerprint density at radius 1 is 1.27 bits per heavy atom. The number of nitrogens with zero attached hydrogens (tertiary/aromatic N) is 2. The van der Waals surface area contributed by atoms with Crippen LogP contribution in [0.4, 0.5) is 0 Å². The highest BCUT2D eigenvalue weighted by Crippen LogP contribution is 2.39. The Kier molecular flexibility index (Phi) is 4.69. The van der Waals surface area contributed by atoms with Crippen LogP contribution in [-0.4, -0.2) is 29.7 Å². The van der Waals surface area contributed by atoms with Crippen molar-refractivity contribution in [1.29, 1.82) is 0 Å². The molecule has 0 spiro atoms. The largest absolute Gasteiger partial charge is 0.548 e. The highest BCUT2D eigenvalue weighted by molar-refractivity contribution is 7.19. The molecule has 0 aliphatic rings. The second-order valence-electron chi connectivity index (χ2n) is 5.74. The summed E-state index contributed by atoms with van der Waals surface area (Å²) in [5.74, 6) is -0.224. The predicted molar refractivity (Wildman–Crippen MR) is 96.9 cm³/mol. The molecule has 1 aromatic carbocycles. The zero-order valence-electron chi connectivity index (χ0n) is 14.7. The Morgan fingerprint density at radius 2 is 1.96 bits per heavy atom. The van der Waals surface area contributed by atoms with Crippen molar-refractivity contribution in [3.8, 4) is 22.6 Å². The second-order valence-corrected chi connectivity index (χ2v) is 6.94. The Bertz CT molecular complexity index is 1050. The highest BCUT2D eigenvalue weighted by atomic mass is 32.1. The normalized spacial score (nSPS) is 12.2. The van der Waals surface area contributed by atoms with Gasteiger partial charge in [0.1, 0.15) is 4.83 Å². The van der Waals surface area contributed by atoms with E-state index in [1.807, 2.05) is 13.0 Å². The Balaban J connectivity index is 2.30. The maximum absolute atomic E-state index is 12.9. The Hall–Kier alpha value is -2.87. The number of aryl methyl sites for hydroxylation is 1. The van der Waals surface area contributed by atoms with Gasteiger partial charge in [0.15, 0.2) is 11.5 Å². The van der Waals surface area contributed by atoms with Gasteiger partial charge in [0.2, 0.25) is 0 Å². The average Bonchev–Trinajstić information content (AvgIpc) is 2.97. The number of thiophene rings is 1. The van der Waals surface area contributed by atoms with E-state index >= 15 is 0 Å². The van der Waals surface area contributed by atoms with E-state index in [0.717, 1.165) is 15.0 Å². The van der Waals surface area contributed by atoms with Crippen LogP contribution < -0.4 is 20.1 Å². The first-order valence-corrected chi connectivity index (χ1v) is 8.64. The van der Waals surface area contributed by atoms with Crippen LogP contribution in [0, 0.1) is 6.92 Å². The molecule has 3 aromatic rings. The van der Waals surface area contributed by atoms with Gasteiger partial charge in [-0.15, -0.1) is 11.3 Å². The van der Waals surface area contributed by atoms with Gasteiger partial charge in [-0.2, -0.15) is 0 Å². The lowest BCUT2D eigenvalue weighted by atomic mass is 10.0. The molecule has 0 saturated carbocycles. The first-order valence-electron chi connectivity index (χ1n) is 7.82. The molecule has 0 aliphatic carbocycles. The number of aliphatic carboxylic acids is 1. The van der Waals surface area contributed by atoms with Crippen molar-refractivity contribution in [2.24, 2.45) is 0 Å². The fourth-order valence-electron chi connectivity index (χ4n) is 2.84. The Labute approximate surface area is 153 Å². The first kappa shape index (κ1) is 17.9. The van der Waals surface area contributed by atoms with Crippen LogP contribution in [0.25, 0.3) is 21.3 Å². The van der Waals surface area contributed by atoms with Crippen molar-refractivity contribution in [3.63, 3.8) is 0 Å². The number of rotatable bonds is 5. The van der Waals surface area contributed by atoms with E-state index in [9.17, 15) is 14.7 Å². The lowest BCUT2D eigenvalue weighted by Gasteiger charge is -2.15. The molecule has 136 valence electrons. The minimum absolute atomic E-state index is 0.385. The third-order valence-electron chi connectivity index (χ3n) is 4.24. The fraction of sp³-hybridized carbons (Fsp3) is 0.278. The van der Waals surface area contributed by atoms with Crippen LogP contribution in [0.1, 0.15) is 17.8 Å². The van der Waals surface area contributed by atoms with Crippen molar-refractivity contribution < 1.29 is 19.4 Å². The molecular weight excluding hydrogens is 356 g/mol. The SMILES string of the molecule is COc1ccc(-c2c(C)sc3ncn([C@H](C)C(=O)[O-])c(=O)c23)cc1OC. The van der Waals surface area contributed by atoms with Gasteiger partial charge < -0.3 is 19.4 Å². The molecule has 26 heavy (non-hydrogen) atoms. The van der Waals surface area contributed by atoms with E-state index in [0.29, 0.717) is 27.3 Å². The van der Waals surface area contributed by atoms with Crippen molar-refractivity contribution in [3.05, 3.63) is 39.8 Å². The minimum atomic E-state index is -1.34. The summed E-state index contributed by atoms with van der Waals surface area (Å²) in [5, 5.41) is 11.6. The van der Waals surface area contributed by atoms with Crippen LogP contribution >= 0.6 is 11.3 Å². The van der Waals surface area contributed by atoms with Gasteiger partial charge in [0, 0.05) is 10.4 Å². The predicted octanol–water partition coefficient (Wildman–Crippen LogP) is 1.76. The van der Waals surface area contributed by atoms with Gasteiger partial charge in [-0.1, -0.05) is 6.07 Å². The van der Waals surface area contributed by atoms with Gasteiger partial charge in [0.05, 0.1) is 37.9 Å². The smallest absolute Gasteiger partial charge is 0.263 e. The number of benzene rings is 1. The number of methoxy groups -OCH3 is 2. The third-order valence-corrected chi connectivity index (χ3v) is 5.26. The molecule has 0 saturated heterocycles. The number of carbonyl (C=O) groups is 1. The van der Waals surface area contributed by atoms with Crippen LogP contribution in [0.3, 0.4) is 0 Å². The summed E-state index contributed by atoms with van der Waals surface area (Å²) >= 11 is 1.38. The second kappa shape index (κ2) is 6.80. The quantitative estimate of drug-likeness (QED) is 0.676. The molecule has 0 amide bonds. The van der Waals surface area contributed by atoms with Crippen LogP contribution in [0.15, 0.2) is 29.3 Å². The number of ether oxygens (including phenoxy) is 2. The van der Waals surface area contributed by atoms with E-state index in [-0.39, 0.29) is 0 Å². The molecule has 7 nitrogen and oxygen atoms in total. The van der Waals surface area contributed by atoms with Gasteiger partial charge in [0.25, 0.3) is 5.56 Å². The summed E-state index contributed by atoms with van der Waals surface area (Å²) in [4.78, 5) is 29.8. The highest BCUT2D eigenvalue weighted by Gasteiger charge is 2.20. The summed E-state index contributed by atoms with van der Waals surface area (Å²) in [6, 6.07) is 4.26. The molecule has 0 radical (unpaired) electrons. The maximum atomic E-state index is 12.9. The molecule has 0 fully saturated rings. The molecule has 1 atom stereocenters. The minimum Gasteiger partial charge on any atom is -0.548 e. The lowest BCUT2D eigenvalue weighted by molar-refractivity contribution is -0.309. The zero-order valence-corrected chi connectivity index (χ0v) is 15.5. The summed E-state index contributed by atoms with van der Waals surface area (Å²) in [7, 11) is 3.09. The molecule has 0 bridgehead atoms. The van der Waals surface area contributed by atoms with E-state index in [2.05, 4.69) is 4.98 Å². The first-order chi connectivity index (χ1) is 12.4. The molecule has 2 aromatic heterocycles. The molecule has 0 unspecified atom stereocenters. The summed E-state index contributed by atoms with van der Waals surface area (Å²) < 4.78 is 11.7. The van der Waals surface area contributed by atoms with Crippen molar-refractivity contribution >= 4 is 27.5 Å². The van der Waals surface area contributed by atoms with Crippen molar-refractivity contribution in [1.82, 2.24) is 9.55 Å². The van der Waals surface area contributed by atoms with Crippen LogP contribution in [-0.2, 0) is 4.79 Å². The van der Waals surface area contributed by atoms with Crippen molar-refractivity contribution in [2.45, 2.75) is 19.9 Å². The molecule has 0 aliphatic heterocycles. The molecule has 2 heterocycles. The maximum Gasteiger partial charge on any atom is 0.263 e. The van der Waals surface area contributed by atoms with Crippen LogP contribution in [0.2, 0.25) is 0 Å². The van der Waals surface area contributed by atoms with Gasteiger partial charge in [-0.3, -0.25) is 9.36 Å². The molecule has 0 N–H and O–H groups in total. The van der Waals surface area contributed by atoms with Gasteiger partial charge in [-0.25, -0.2) is 4.98 Å². The zero-order chi connectivity index (χ0) is 19.0. The topological polar surface area (TPSA) is 93.5 Å². The monoisotopic (exact) mass is 373 g/mol. The number of hydrogen-bond donors (Lipinski definition) is 0. The third kappa shape index (κ3) is 2.82. The lowest BCUT2D eigenvalue weighted by Crippen LogP contribution is -2.36. The van der Waals surface area contributed by atoms with E-state index < -0.39 is 17.6 Å². The van der Waals surface area contributed by atoms with Gasteiger partial charge in [-0.05, 0) is 31.5 Å². The molecule has 8 heteroatoms. The number of aromatic nitrogens is 2. The van der Waals surface area contributed by atoms with Crippen molar-refractivity contribution in [2.75, 3.05) is 14.2 Å². The average molecular weight is 373 g/mol. The summed E-state index contributed by atoms with van der Waals surface area (Å²) in [6.07, 6.45) is 1.25. The summed E-state index contributed by atoms with van der Waals surface area (Å²) in [5.41, 5.74) is 1.06. The van der Waals surface area contributed by atoms with E-state index in [1.165, 1.54) is 31.7 Å². The van der Waals surface area contributed by atoms with Gasteiger partial charge >= 0.3 is 0 Å². The fourth-order valence-corrected chi connectivity index (χ4v) is 3.85. The number of carboxylic acids is 1. The number of carboxylic acid groups (broad SMARTS) is 1. The summed E-state index contributed by atoms with van der Waals surface area (Å²) in [6.45, 7) is 3.28. The molecular formula is C18H17N2O5S-. The van der Waals surface area contributed by atoms with E-state index in [1.54, 1.807) is 19.2 Å². The number of fused-ring (bicyclic) bond motifs is 1.